The van der Waals surface area contributed by atoms with E-state index in [2.05, 4.69) is 12.1 Å². The molecule has 20 heavy (non-hydrogen) atoms. The summed E-state index contributed by atoms with van der Waals surface area (Å²) in [5.41, 5.74) is 1.26. The van der Waals surface area contributed by atoms with E-state index in [4.69, 9.17) is 16.3 Å². The van der Waals surface area contributed by atoms with Crippen LogP contribution < -0.4 is 4.74 Å². The van der Waals surface area contributed by atoms with E-state index in [1.54, 1.807) is 7.11 Å². The van der Waals surface area contributed by atoms with Crippen LogP contribution in [0.2, 0.25) is 0 Å². The van der Waals surface area contributed by atoms with Gasteiger partial charge in [0.1, 0.15) is 5.75 Å². The largest absolute Gasteiger partial charge is 0.497 e. The van der Waals surface area contributed by atoms with Gasteiger partial charge < -0.3 is 4.74 Å². The number of alkyl halides is 1. The summed E-state index contributed by atoms with van der Waals surface area (Å²) >= 11 is 6.77. The number of hydrogen-bond donors (Lipinski definition) is 0. The van der Waals surface area contributed by atoms with Crippen molar-refractivity contribution in [3.05, 3.63) is 29.8 Å². The standard InChI is InChI=1S/C18H25ClO/c1-20-17-10-8-14(9-11-17)18(19)16-7-6-13-4-2-3-5-15(13)12-16/h8-11,13,15-16,18H,2-7,12H2,1H3. The smallest absolute Gasteiger partial charge is 0.118 e. The zero-order chi connectivity index (χ0) is 13.9. The lowest BCUT2D eigenvalue weighted by Crippen LogP contribution is -2.29. The Kier molecular flexibility index (Phi) is 4.55. The van der Waals surface area contributed by atoms with E-state index in [1.807, 2.05) is 12.1 Å². The summed E-state index contributed by atoms with van der Waals surface area (Å²) in [7, 11) is 1.71. The minimum atomic E-state index is 0.170. The fraction of sp³-hybridized carbons (Fsp3) is 0.667. The van der Waals surface area contributed by atoms with Gasteiger partial charge in [0, 0.05) is 0 Å². The van der Waals surface area contributed by atoms with E-state index in [-0.39, 0.29) is 5.38 Å². The number of hydrogen-bond acceptors (Lipinski definition) is 1. The molecule has 0 spiro atoms. The predicted molar refractivity (Wildman–Crippen MR) is 84.4 cm³/mol. The quantitative estimate of drug-likeness (QED) is 0.661. The van der Waals surface area contributed by atoms with E-state index in [1.165, 1.54) is 50.5 Å². The van der Waals surface area contributed by atoms with Crippen LogP contribution in [0.4, 0.5) is 0 Å². The third-order valence-corrected chi connectivity index (χ3v) is 6.04. The number of ether oxygens (including phenoxy) is 1. The number of methoxy groups -OCH3 is 1. The fourth-order valence-corrected chi connectivity index (χ4v) is 4.61. The van der Waals surface area contributed by atoms with Crippen LogP contribution in [-0.4, -0.2) is 7.11 Å². The molecule has 4 unspecified atom stereocenters. The summed E-state index contributed by atoms with van der Waals surface area (Å²) in [6.07, 6.45) is 9.83. The molecule has 2 saturated carbocycles. The zero-order valence-corrected chi connectivity index (χ0v) is 13.1. The van der Waals surface area contributed by atoms with Crippen LogP contribution in [0, 0.1) is 17.8 Å². The minimum Gasteiger partial charge on any atom is -0.497 e. The second-order valence-corrected chi connectivity index (χ2v) is 7.02. The van der Waals surface area contributed by atoms with Gasteiger partial charge in [-0.2, -0.15) is 0 Å². The van der Waals surface area contributed by atoms with Crippen LogP contribution in [0.1, 0.15) is 55.9 Å². The Morgan fingerprint density at radius 2 is 1.70 bits per heavy atom. The first-order valence-corrected chi connectivity index (χ1v) is 8.49. The maximum absolute atomic E-state index is 6.77. The number of fused-ring (bicyclic) bond motifs is 1. The van der Waals surface area contributed by atoms with E-state index in [9.17, 15) is 0 Å². The Labute approximate surface area is 127 Å². The molecule has 110 valence electrons. The molecule has 1 nitrogen and oxygen atoms in total. The van der Waals surface area contributed by atoms with Crippen molar-refractivity contribution in [2.75, 3.05) is 7.11 Å². The molecular weight excluding hydrogens is 268 g/mol. The van der Waals surface area contributed by atoms with Gasteiger partial charge in [-0.3, -0.25) is 0 Å². The third kappa shape index (κ3) is 2.98. The first kappa shape index (κ1) is 14.3. The molecule has 3 rings (SSSR count). The molecule has 0 heterocycles. The highest BCUT2D eigenvalue weighted by Gasteiger charge is 2.35. The second kappa shape index (κ2) is 6.39. The number of rotatable bonds is 3. The van der Waals surface area contributed by atoms with Crippen molar-refractivity contribution in [1.29, 1.82) is 0 Å². The van der Waals surface area contributed by atoms with Crippen LogP contribution >= 0.6 is 11.6 Å². The molecule has 0 aromatic heterocycles. The number of benzene rings is 1. The summed E-state index contributed by atoms with van der Waals surface area (Å²) in [6, 6.07) is 8.31. The van der Waals surface area contributed by atoms with Crippen LogP contribution in [0.5, 0.6) is 5.75 Å². The van der Waals surface area contributed by atoms with Gasteiger partial charge in [0.15, 0.2) is 0 Å². The molecule has 2 aliphatic rings. The van der Waals surface area contributed by atoms with Crippen LogP contribution in [-0.2, 0) is 0 Å². The van der Waals surface area contributed by atoms with Gasteiger partial charge in [0.05, 0.1) is 12.5 Å². The second-order valence-electron chi connectivity index (χ2n) is 6.55. The van der Waals surface area contributed by atoms with Crippen molar-refractivity contribution in [1.82, 2.24) is 0 Å². The van der Waals surface area contributed by atoms with Crippen molar-refractivity contribution >= 4 is 11.6 Å². The van der Waals surface area contributed by atoms with Crippen LogP contribution in [0.15, 0.2) is 24.3 Å². The number of halogens is 1. The zero-order valence-electron chi connectivity index (χ0n) is 12.4. The van der Waals surface area contributed by atoms with Gasteiger partial charge in [-0.05, 0) is 54.7 Å². The minimum absolute atomic E-state index is 0.170. The molecule has 4 atom stereocenters. The molecule has 0 bridgehead atoms. The van der Waals surface area contributed by atoms with Crippen LogP contribution in [0.3, 0.4) is 0 Å². The van der Waals surface area contributed by atoms with Gasteiger partial charge in [-0.25, -0.2) is 0 Å². The van der Waals surface area contributed by atoms with E-state index < -0.39 is 0 Å². The summed E-state index contributed by atoms with van der Waals surface area (Å²) in [5, 5.41) is 0.170. The van der Waals surface area contributed by atoms with E-state index in [0.717, 1.165) is 17.6 Å². The summed E-state index contributed by atoms with van der Waals surface area (Å²) in [4.78, 5) is 0. The van der Waals surface area contributed by atoms with Gasteiger partial charge in [-0.1, -0.05) is 37.8 Å². The highest BCUT2D eigenvalue weighted by atomic mass is 35.5. The maximum atomic E-state index is 6.77. The van der Waals surface area contributed by atoms with Gasteiger partial charge in [-0.15, -0.1) is 11.6 Å². The lowest BCUT2D eigenvalue weighted by atomic mass is 9.66. The van der Waals surface area contributed by atoms with Gasteiger partial charge >= 0.3 is 0 Å². The van der Waals surface area contributed by atoms with Crippen molar-refractivity contribution in [2.45, 2.75) is 50.3 Å². The first-order chi connectivity index (χ1) is 9.78. The van der Waals surface area contributed by atoms with Crippen LogP contribution in [0.25, 0.3) is 0 Å². The Bertz CT molecular complexity index is 428. The summed E-state index contributed by atoms with van der Waals surface area (Å²) in [5.74, 6) is 3.51. The highest BCUT2D eigenvalue weighted by molar-refractivity contribution is 6.21. The monoisotopic (exact) mass is 292 g/mol. The molecule has 2 fully saturated rings. The van der Waals surface area contributed by atoms with E-state index in [0.29, 0.717) is 5.92 Å². The van der Waals surface area contributed by atoms with Gasteiger partial charge in [0.25, 0.3) is 0 Å². The predicted octanol–water partition coefficient (Wildman–Crippen LogP) is 5.58. The SMILES string of the molecule is COc1ccc(C(Cl)C2CCC3CCCCC3C2)cc1. The Morgan fingerprint density at radius 1 is 1.00 bits per heavy atom. The molecule has 0 amide bonds. The highest BCUT2D eigenvalue weighted by Crippen LogP contribution is 2.47. The van der Waals surface area contributed by atoms with Gasteiger partial charge in [0.2, 0.25) is 0 Å². The lowest BCUT2D eigenvalue weighted by molar-refractivity contribution is 0.127. The molecule has 0 saturated heterocycles. The van der Waals surface area contributed by atoms with E-state index >= 15 is 0 Å². The molecule has 0 radical (unpaired) electrons. The normalized spacial score (nSPS) is 31.4. The van der Waals surface area contributed by atoms with Crippen molar-refractivity contribution in [2.24, 2.45) is 17.8 Å². The Balaban J connectivity index is 1.65. The average molecular weight is 293 g/mol. The van der Waals surface area contributed by atoms with Crippen molar-refractivity contribution in [3.63, 3.8) is 0 Å². The molecule has 0 aliphatic heterocycles. The molecule has 1 aromatic rings. The lowest BCUT2D eigenvalue weighted by Gasteiger charge is -2.40. The molecular formula is C18H25ClO. The van der Waals surface area contributed by atoms with Crippen molar-refractivity contribution in [3.8, 4) is 5.75 Å². The third-order valence-electron chi connectivity index (χ3n) is 5.43. The summed E-state index contributed by atoms with van der Waals surface area (Å²) in [6.45, 7) is 0. The maximum Gasteiger partial charge on any atom is 0.118 e. The topological polar surface area (TPSA) is 9.23 Å². The van der Waals surface area contributed by atoms with Crippen molar-refractivity contribution < 1.29 is 4.74 Å². The summed E-state index contributed by atoms with van der Waals surface area (Å²) < 4.78 is 5.22. The molecule has 1 aromatic carbocycles. The molecule has 2 heteroatoms. The Hall–Kier alpha value is -0.690. The first-order valence-electron chi connectivity index (χ1n) is 8.06. The fourth-order valence-electron chi connectivity index (χ4n) is 4.24. The molecule has 2 aliphatic carbocycles. The molecule has 0 N–H and O–H groups in total. The average Bonchev–Trinajstić information content (AvgIpc) is 2.54. The Morgan fingerprint density at radius 3 is 2.40 bits per heavy atom.